The van der Waals surface area contributed by atoms with E-state index >= 15 is 0 Å². The van der Waals surface area contributed by atoms with Crippen LogP contribution in [0.2, 0.25) is 0 Å². The van der Waals surface area contributed by atoms with Crippen molar-refractivity contribution >= 4 is 11.6 Å². The molecule has 0 saturated carbocycles. The molecule has 5 heteroatoms. The quantitative estimate of drug-likeness (QED) is 0.852. The predicted molar refractivity (Wildman–Crippen MR) is 87.0 cm³/mol. The second-order valence-corrected chi connectivity index (χ2v) is 6.17. The van der Waals surface area contributed by atoms with E-state index in [2.05, 4.69) is 39.8 Å². The molecule has 0 aliphatic carbocycles. The van der Waals surface area contributed by atoms with Gasteiger partial charge in [0.25, 0.3) is 0 Å². The summed E-state index contributed by atoms with van der Waals surface area (Å²) in [5, 5.41) is 6.40. The van der Waals surface area contributed by atoms with Gasteiger partial charge in [0.1, 0.15) is 0 Å². The first-order chi connectivity index (χ1) is 10.8. The number of para-hydroxylation sites is 1. The average Bonchev–Trinajstić information content (AvgIpc) is 3.04. The zero-order valence-electron chi connectivity index (χ0n) is 13.0. The van der Waals surface area contributed by atoms with Crippen molar-refractivity contribution in [3.63, 3.8) is 0 Å². The maximum Gasteiger partial charge on any atom is 0.221 e. The molecule has 2 saturated heterocycles. The molecule has 1 amide bonds. The molecule has 2 heterocycles. The number of nitrogens with zero attached hydrogens (tertiary/aromatic N) is 1. The minimum absolute atomic E-state index is 0.126. The van der Waals surface area contributed by atoms with Gasteiger partial charge < -0.3 is 20.3 Å². The molecule has 22 heavy (non-hydrogen) atoms. The van der Waals surface area contributed by atoms with Crippen molar-refractivity contribution in [1.82, 2.24) is 10.6 Å². The fraction of sp³-hybridized carbons (Fsp3) is 0.588. The molecule has 0 spiro atoms. The topological polar surface area (TPSA) is 53.6 Å². The smallest absolute Gasteiger partial charge is 0.221 e. The van der Waals surface area contributed by atoms with Crippen molar-refractivity contribution in [1.29, 1.82) is 0 Å². The number of nitrogens with one attached hydrogen (secondary N) is 2. The van der Waals surface area contributed by atoms with Gasteiger partial charge in [0.15, 0.2) is 0 Å². The normalized spacial score (nSPS) is 25.2. The van der Waals surface area contributed by atoms with Crippen molar-refractivity contribution in [2.24, 2.45) is 5.92 Å². The number of morpholine rings is 1. The van der Waals surface area contributed by atoms with Crippen LogP contribution >= 0.6 is 0 Å². The molecule has 2 aliphatic heterocycles. The molecule has 2 fully saturated rings. The van der Waals surface area contributed by atoms with E-state index in [1.807, 2.05) is 6.07 Å². The molecule has 0 radical (unpaired) electrons. The molecule has 0 bridgehead atoms. The second kappa shape index (κ2) is 7.61. The van der Waals surface area contributed by atoms with Crippen molar-refractivity contribution < 1.29 is 9.53 Å². The van der Waals surface area contributed by atoms with Gasteiger partial charge in [-0.25, -0.2) is 0 Å². The maximum atomic E-state index is 12.0. The van der Waals surface area contributed by atoms with Crippen molar-refractivity contribution in [3.8, 4) is 0 Å². The molecule has 2 unspecified atom stereocenters. The summed E-state index contributed by atoms with van der Waals surface area (Å²) < 4.78 is 5.37. The maximum absolute atomic E-state index is 12.0. The first kappa shape index (κ1) is 15.3. The van der Waals surface area contributed by atoms with Gasteiger partial charge in [0.05, 0.1) is 13.2 Å². The van der Waals surface area contributed by atoms with E-state index in [1.165, 1.54) is 5.69 Å². The summed E-state index contributed by atoms with van der Waals surface area (Å²) in [4.78, 5) is 14.4. The monoisotopic (exact) mass is 303 g/mol. The lowest BCUT2D eigenvalue weighted by atomic mass is 10.1. The van der Waals surface area contributed by atoms with Crippen LogP contribution in [0.25, 0.3) is 0 Å². The van der Waals surface area contributed by atoms with E-state index in [1.54, 1.807) is 0 Å². The number of anilines is 1. The Kier molecular flexibility index (Phi) is 5.29. The highest BCUT2D eigenvalue weighted by Gasteiger charge is 2.23. The predicted octanol–water partition coefficient (Wildman–Crippen LogP) is 1.01. The Morgan fingerprint density at radius 1 is 1.36 bits per heavy atom. The molecule has 5 nitrogen and oxygen atoms in total. The van der Waals surface area contributed by atoms with Crippen LogP contribution in [0.3, 0.4) is 0 Å². The minimum Gasteiger partial charge on any atom is -0.378 e. The van der Waals surface area contributed by atoms with Crippen LogP contribution in [0.4, 0.5) is 5.69 Å². The van der Waals surface area contributed by atoms with E-state index in [4.69, 9.17) is 4.74 Å². The Hall–Kier alpha value is -1.59. The van der Waals surface area contributed by atoms with Crippen LogP contribution in [0, 0.1) is 5.92 Å². The number of hydrogen-bond acceptors (Lipinski definition) is 4. The van der Waals surface area contributed by atoms with Gasteiger partial charge in [-0.05, 0) is 24.5 Å². The lowest BCUT2D eigenvalue weighted by molar-refractivity contribution is -0.122. The molecular weight excluding hydrogens is 278 g/mol. The van der Waals surface area contributed by atoms with Crippen LogP contribution in [0.5, 0.6) is 0 Å². The van der Waals surface area contributed by atoms with Crippen LogP contribution in [0.15, 0.2) is 30.3 Å². The van der Waals surface area contributed by atoms with Crippen LogP contribution in [-0.4, -0.2) is 51.3 Å². The van der Waals surface area contributed by atoms with Gasteiger partial charge >= 0.3 is 0 Å². The van der Waals surface area contributed by atoms with E-state index in [0.717, 1.165) is 39.2 Å². The number of carbonyl (C=O) groups excluding carboxylic acids is 1. The Bertz CT molecular complexity index is 474. The Balaban J connectivity index is 1.38. The Morgan fingerprint density at radius 3 is 3.00 bits per heavy atom. The van der Waals surface area contributed by atoms with Crippen molar-refractivity contribution in [3.05, 3.63) is 30.3 Å². The zero-order valence-corrected chi connectivity index (χ0v) is 13.0. The summed E-state index contributed by atoms with van der Waals surface area (Å²) in [5.74, 6) is 0.667. The molecule has 1 aromatic carbocycles. The number of hydrogen-bond donors (Lipinski definition) is 2. The van der Waals surface area contributed by atoms with Crippen molar-refractivity contribution in [2.45, 2.75) is 18.9 Å². The highest BCUT2D eigenvalue weighted by molar-refractivity contribution is 5.76. The first-order valence-corrected chi connectivity index (χ1v) is 8.19. The Labute approximate surface area is 132 Å². The van der Waals surface area contributed by atoms with Gasteiger partial charge in [-0.3, -0.25) is 4.79 Å². The third-order valence-electron chi connectivity index (χ3n) is 4.43. The highest BCUT2D eigenvalue weighted by Crippen LogP contribution is 2.22. The number of benzene rings is 1. The number of rotatable bonds is 5. The second-order valence-electron chi connectivity index (χ2n) is 6.17. The molecule has 120 valence electrons. The SMILES string of the molecule is O=C(CC1COCCN1)NCC1CCN(c2ccccc2)C1. The fourth-order valence-corrected chi connectivity index (χ4v) is 3.18. The van der Waals surface area contributed by atoms with Gasteiger partial charge in [-0.15, -0.1) is 0 Å². The first-order valence-electron chi connectivity index (χ1n) is 8.19. The summed E-state index contributed by atoms with van der Waals surface area (Å²) in [6.45, 7) is 5.09. The molecule has 2 aliphatic rings. The summed E-state index contributed by atoms with van der Waals surface area (Å²) in [6.07, 6.45) is 1.65. The summed E-state index contributed by atoms with van der Waals surface area (Å²) in [7, 11) is 0. The van der Waals surface area contributed by atoms with Crippen molar-refractivity contribution in [2.75, 3.05) is 44.3 Å². The van der Waals surface area contributed by atoms with E-state index in [0.29, 0.717) is 18.9 Å². The van der Waals surface area contributed by atoms with Gasteiger partial charge in [-0.2, -0.15) is 0 Å². The highest BCUT2D eigenvalue weighted by atomic mass is 16.5. The molecule has 2 atom stereocenters. The minimum atomic E-state index is 0.126. The largest absolute Gasteiger partial charge is 0.378 e. The standard InChI is InChI=1S/C17H25N3O2/c21-17(10-15-13-22-9-7-18-15)19-11-14-6-8-20(12-14)16-4-2-1-3-5-16/h1-5,14-15,18H,6-13H2,(H,19,21). The Morgan fingerprint density at radius 2 is 2.23 bits per heavy atom. The van der Waals surface area contributed by atoms with Gasteiger partial charge in [0, 0.05) is 44.3 Å². The molecule has 1 aromatic rings. The molecular formula is C17H25N3O2. The summed E-state index contributed by atoms with van der Waals surface area (Å²) in [5.41, 5.74) is 1.28. The molecule has 3 rings (SSSR count). The van der Waals surface area contributed by atoms with E-state index < -0.39 is 0 Å². The van der Waals surface area contributed by atoms with Gasteiger partial charge in [-0.1, -0.05) is 18.2 Å². The number of amides is 1. The zero-order chi connectivity index (χ0) is 15.2. The number of ether oxygens (including phenoxy) is 1. The summed E-state index contributed by atoms with van der Waals surface area (Å²) in [6, 6.07) is 10.7. The van der Waals surface area contributed by atoms with E-state index in [9.17, 15) is 4.79 Å². The average molecular weight is 303 g/mol. The number of carbonyl (C=O) groups is 1. The third kappa shape index (κ3) is 4.21. The third-order valence-corrected chi connectivity index (χ3v) is 4.43. The molecule has 2 N–H and O–H groups in total. The lowest BCUT2D eigenvalue weighted by Gasteiger charge is -2.23. The van der Waals surface area contributed by atoms with Crippen LogP contribution < -0.4 is 15.5 Å². The summed E-state index contributed by atoms with van der Waals surface area (Å²) >= 11 is 0. The van der Waals surface area contributed by atoms with E-state index in [-0.39, 0.29) is 11.9 Å². The van der Waals surface area contributed by atoms with Crippen LogP contribution in [-0.2, 0) is 9.53 Å². The lowest BCUT2D eigenvalue weighted by Crippen LogP contribution is -2.44. The van der Waals surface area contributed by atoms with Gasteiger partial charge in [0.2, 0.25) is 5.91 Å². The van der Waals surface area contributed by atoms with Crippen LogP contribution in [0.1, 0.15) is 12.8 Å². The molecule has 0 aromatic heterocycles. The fourth-order valence-electron chi connectivity index (χ4n) is 3.18.